The van der Waals surface area contributed by atoms with Crippen molar-refractivity contribution in [2.24, 2.45) is 0 Å². The van der Waals surface area contributed by atoms with Gasteiger partial charge in [0.2, 0.25) is 0 Å². The van der Waals surface area contributed by atoms with Crippen molar-refractivity contribution in [2.75, 3.05) is 27.2 Å². The van der Waals surface area contributed by atoms with E-state index in [1.54, 1.807) is 12.4 Å². The Labute approximate surface area is 115 Å². The highest BCUT2D eigenvalue weighted by atomic mass is 16.2. The van der Waals surface area contributed by atoms with E-state index in [-0.39, 0.29) is 5.91 Å². The Morgan fingerprint density at radius 1 is 1.47 bits per heavy atom. The lowest BCUT2D eigenvalue weighted by molar-refractivity contribution is 0.0591. The van der Waals surface area contributed by atoms with Crippen LogP contribution in [0.25, 0.3) is 0 Å². The molecule has 19 heavy (non-hydrogen) atoms. The minimum atomic E-state index is 0.136. The highest BCUT2D eigenvalue weighted by Crippen LogP contribution is 2.21. The number of hydrogen-bond donors (Lipinski definition) is 0. The molecule has 104 valence electrons. The summed E-state index contributed by atoms with van der Waals surface area (Å²) in [5, 5.41) is 0. The first kappa shape index (κ1) is 14.0. The molecule has 1 amide bonds. The van der Waals surface area contributed by atoms with Crippen LogP contribution in [0.5, 0.6) is 0 Å². The fourth-order valence-corrected chi connectivity index (χ4v) is 2.63. The summed E-state index contributed by atoms with van der Waals surface area (Å²) in [6.45, 7) is 1.91. The molecule has 1 saturated heterocycles. The van der Waals surface area contributed by atoms with E-state index in [0.717, 1.165) is 32.4 Å². The van der Waals surface area contributed by atoms with Gasteiger partial charge in [0, 0.05) is 25.0 Å². The van der Waals surface area contributed by atoms with Crippen LogP contribution in [0.1, 0.15) is 36.0 Å². The molecule has 4 nitrogen and oxygen atoms in total. The van der Waals surface area contributed by atoms with E-state index >= 15 is 0 Å². The largest absolute Gasteiger partial charge is 0.336 e. The van der Waals surface area contributed by atoms with Crippen molar-refractivity contribution in [3.63, 3.8) is 0 Å². The molecule has 1 aliphatic rings. The lowest BCUT2D eigenvalue weighted by Crippen LogP contribution is -2.44. The number of piperidine rings is 1. The van der Waals surface area contributed by atoms with Gasteiger partial charge in [0.05, 0.1) is 5.56 Å². The van der Waals surface area contributed by atoms with E-state index in [9.17, 15) is 4.79 Å². The highest BCUT2D eigenvalue weighted by molar-refractivity contribution is 5.94. The fraction of sp³-hybridized carbons (Fsp3) is 0.600. The van der Waals surface area contributed by atoms with Crippen LogP contribution in [0.2, 0.25) is 0 Å². The zero-order valence-electron chi connectivity index (χ0n) is 11.9. The number of aromatic nitrogens is 1. The maximum Gasteiger partial charge on any atom is 0.255 e. The Balaban J connectivity index is 2.04. The van der Waals surface area contributed by atoms with Crippen molar-refractivity contribution in [3.8, 4) is 0 Å². The van der Waals surface area contributed by atoms with Crippen LogP contribution in [0, 0.1) is 0 Å². The number of rotatable bonds is 4. The lowest BCUT2D eigenvalue weighted by atomic mass is 9.98. The fourth-order valence-electron chi connectivity index (χ4n) is 2.63. The zero-order chi connectivity index (χ0) is 13.7. The van der Waals surface area contributed by atoms with Gasteiger partial charge in [0.25, 0.3) is 5.91 Å². The molecule has 1 aromatic heterocycles. The second-order valence-corrected chi connectivity index (χ2v) is 5.48. The predicted molar refractivity (Wildman–Crippen MR) is 76.1 cm³/mol. The summed E-state index contributed by atoms with van der Waals surface area (Å²) < 4.78 is 0. The third-order valence-corrected chi connectivity index (χ3v) is 3.71. The number of carbonyl (C=O) groups excluding carboxylic acids is 1. The first-order valence-corrected chi connectivity index (χ1v) is 7.04. The first-order chi connectivity index (χ1) is 9.18. The zero-order valence-corrected chi connectivity index (χ0v) is 11.9. The molecule has 2 heterocycles. The molecule has 0 aromatic carbocycles. The molecule has 0 radical (unpaired) electrons. The van der Waals surface area contributed by atoms with Crippen LogP contribution in [0.15, 0.2) is 24.5 Å². The monoisotopic (exact) mass is 261 g/mol. The maximum atomic E-state index is 12.5. The Morgan fingerprint density at radius 3 is 3.00 bits per heavy atom. The molecule has 1 atom stereocenters. The van der Waals surface area contributed by atoms with Crippen molar-refractivity contribution in [1.82, 2.24) is 14.8 Å². The van der Waals surface area contributed by atoms with Gasteiger partial charge >= 0.3 is 0 Å². The number of amides is 1. The summed E-state index contributed by atoms with van der Waals surface area (Å²) in [6.07, 6.45) is 7.90. The van der Waals surface area contributed by atoms with E-state index in [0.29, 0.717) is 11.6 Å². The van der Waals surface area contributed by atoms with Gasteiger partial charge in [-0.2, -0.15) is 0 Å². The normalized spacial score (nSPS) is 19.7. The van der Waals surface area contributed by atoms with E-state index < -0.39 is 0 Å². The molecule has 0 saturated carbocycles. The average Bonchev–Trinajstić information content (AvgIpc) is 2.45. The topological polar surface area (TPSA) is 36.4 Å². The number of hydrogen-bond acceptors (Lipinski definition) is 3. The van der Waals surface area contributed by atoms with Crippen LogP contribution in [0.4, 0.5) is 0 Å². The predicted octanol–water partition coefficient (Wildman–Crippen LogP) is 2.03. The van der Waals surface area contributed by atoms with Crippen molar-refractivity contribution < 1.29 is 4.79 Å². The molecule has 2 rings (SSSR count). The number of nitrogens with zero attached hydrogens (tertiary/aromatic N) is 3. The molecule has 0 bridgehead atoms. The second kappa shape index (κ2) is 6.66. The number of pyridine rings is 1. The maximum absolute atomic E-state index is 12.5. The van der Waals surface area contributed by atoms with Crippen molar-refractivity contribution >= 4 is 5.91 Å². The van der Waals surface area contributed by atoms with Crippen molar-refractivity contribution in [1.29, 1.82) is 0 Å². The smallest absolute Gasteiger partial charge is 0.255 e. The van der Waals surface area contributed by atoms with Gasteiger partial charge in [0.1, 0.15) is 0 Å². The lowest BCUT2D eigenvalue weighted by Gasteiger charge is -2.36. The van der Waals surface area contributed by atoms with Crippen LogP contribution < -0.4 is 0 Å². The molecule has 1 aromatic rings. The second-order valence-electron chi connectivity index (χ2n) is 5.48. The van der Waals surface area contributed by atoms with Crippen LogP contribution in [0.3, 0.4) is 0 Å². The Morgan fingerprint density at radius 2 is 2.32 bits per heavy atom. The SMILES string of the molecule is CN(C)CC[C@@H]1CCCCN1C(=O)c1cccnc1. The Kier molecular flexibility index (Phi) is 4.91. The van der Waals surface area contributed by atoms with Crippen LogP contribution in [-0.2, 0) is 0 Å². The minimum absolute atomic E-state index is 0.136. The van der Waals surface area contributed by atoms with E-state index in [2.05, 4.69) is 24.0 Å². The minimum Gasteiger partial charge on any atom is -0.336 e. The van der Waals surface area contributed by atoms with Crippen molar-refractivity contribution in [3.05, 3.63) is 30.1 Å². The van der Waals surface area contributed by atoms with Gasteiger partial charge in [-0.05, 0) is 58.5 Å². The Bertz CT molecular complexity index is 405. The standard InChI is InChI=1S/C15H23N3O/c1-17(2)11-8-14-7-3-4-10-18(14)15(19)13-6-5-9-16-12-13/h5-6,9,12,14H,3-4,7-8,10-11H2,1-2H3/t14-/m0/s1. The van der Waals surface area contributed by atoms with Crippen LogP contribution in [-0.4, -0.2) is 53.9 Å². The van der Waals surface area contributed by atoms with Gasteiger partial charge < -0.3 is 9.80 Å². The molecule has 1 fully saturated rings. The quantitative estimate of drug-likeness (QED) is 0.832. The first-order valence-electron chi connectivity index (χ1n) is 7.04. The molecule has 1 aliphatic heterocycles. The molecule has 0 aliphatic carbocycles. The summed E-state index contributed by atoms with van der Waals surface area (Å²) in [4.78, 5) is 20.8. The number of carbonyl (C=O) groups is 1. The van der Waals surface area contributed by atoms with E-state index in [1.807, 2.05) is 17.0 Å². The summed E-state index contributed by atoms with van der Waals surface area (Å²) in [5.74, 6) is 0.136. The highest BCUT2D eigenvalue weighted by Gasteiger charge is 2.27. The molecule has 0 unspecified atom stereocenters. The third kappa shape index (κ3) is 3.77. The summed E-state index contributed by atoms with van der Waals surface area (Å²) in [7, 11) is 4.16. The molecule has 0 spiro atoms. The Hall–Kier alpha value is -1.42. The van der Waals surface area contributed by atoms with Crippen molar-refractivity contribution in [2.45, 2.75) is 31.7 Å². The third-order valence-electron chi connectivity index (χ3n) is 3.71. The van der Waals surface area contributed by atoms with E-state index in [4.69, 9.17) is 0 Å². The molecule has 0 N–H and O–H groups in total. The van der Waals surface area contributed by atoms with Gasteiger partial charge in [-0.3, -0.25) is 9.78 Å². The van der Waals surface area contributed by atoms with Gasteiger partial charge in [-0.25, -0.2) is 0 Å². The molecule has 4 heteroatoms. The van der Waals surface area contributed by atoms with Gasteiger partial charge in [-0.15, -0.1) is 0 Å². The van der Waals surface area contributed by atoms with Crippen LogP contribution >= 0.6 is 0 Å². The van der Waals surface area contributed by atoms with Gasteiger partial charge in [0.15, 0.2) is 0 Å². The van der Waals surface area contributed by atoms with E-state index in [1.165, 1.54) is 6.42 Å². The summed E-state index contributed by atoms with van der Waals surface area (Å²) >= 11 is 0. The molecular weight excluding hydrogens is 238 g/mol. The number of likely N-dealkylation sites (tertiary alicyclic amines) is 1. The average molecular weight is 261 g/mol. The van der Waals surface area contributed by atoms with Gasteiger partial charge in [-0.1, -0.05) is 0 Å². The summed E-state index contributed by atoms with van der Waals surface area (Å²) in [6, 6.07) is 4.06. The summed E-state index contributed by atoms with van der Waals surface area (Å²) in [5.41, 5.74) is 0.708. The molecular formula is C15H23N3O.